The number of halogens is 3. The normalized spacial score (nSPS) is 11.2. The van der Waals surface area contributed by atoms with Crippen LogP contribution in [0.25, 0.3) is 0 Å². The maximum absolute atomic E-state index is 13.8. The topological polar surface area (TPSA) is 29.1 Å². The highest BCUT2D eigenvalue weighted by Crippen LogP contribution is 2.24. The summed E-state index contributed by atoms with van der Waals surface area (Å²) in [5.41, 5.74) is 1.07. The Bertz CT molecular complexity index is 599. The Morgan fingerprint density at radius 1 is 1.05 bits per heavy atom. The third-order valence-corrected chi connectivity index (χ3v) is 3.26. The molecule has 2 aromatic rings. The molecule has 0 aliphatic heterocycles. The summed E-state index contributed by atoms with van der Waals surface area (Å²) in [7, 11) is 0. The zero-order chi connectivity index (χ0) is 15.3. The predicted molar refractivity (Wildman–Crippen MR) is 79.8 cm³/mol. The zero-order valence-electron chi connectivity index (χ0n) is 11.2. The smallest absolute Gasteiger partial charge is 0.321 e. The van der Waals surface area contributed by atoms with Crippen LogP contribution in [0.15, 0.2) is 54.6 Å². The second-order valence-electron chi connectivity index (χ2n) is 4.65. The predicted octanol–water partition coefficient (Wildman–Crippen LogP) is 4.55. The summed E-state index contributed by atoms with van der Waals surface area (Å²) in [5, 5.41) is 2.77. The van der Waals surface area contributed by atoms with Crippen molar-refractivity contribution < 1.29 is 13.6 Å². The van der Waals surface area contributed by atoms with Crippen LogP contribution < -0.4 is 5.32 Å². The highest BCUT2D eigenvalue weighted by Gasteiger charge is 2.38. The summed E-state index contributed by atoms with van der Waals surface area (Å²) in [6.45, 7) is 0. The lowest BCUT2D eigenvalue weighted by molar-refractivity contribution is -0.140. The summed E-state index contributed by atoms with van der Waals surface area (Å²) in [6, 6.07) is 14.8. The fraction of sp³-hybridized carbons (Fsp3) is 0.188. The van der Waals surface area contributed by atoms with Gasteiger partial charge in [-0.3, -0.25) is 4.79 Å². The summed E-state index contributed by atoms with van der Waals surface area (Å²) >= 11 is 5.73. The van der Waals surface area contributed by atoms with E-state index < -0.39 is 18.3 Å². The van der Waals surface area contributed by atoms with Crippen LogP contribution in [0.5, 0.6) is 0 Å². The van der Waals surface area contributed by atoms with E-state index in [1.807, 2.05) is 0 Å². The number of rotatable bonds is 5. The van der Waals surface area contributed by atoms with Crippen LogP contribution in [-0.4, -0.2) is 11.8 Å². The number of benzene rings is 2. The minimum atomic E-state index is -3.42. The van der Waals surface area contributed by atoms with Crippen LogP contribution in [0.1, 0.15) is 12.0 Å². The number of anilines is 1. The maximum atomic E-state index is 13.8. The van der Waals surface area contributed by atoms with Gasteiger partial charge in [0, 0.05) is 17.1 Å². The van der Waals surface area contributed by atoms with Crippen LogP contribution in [0, 0.1) is 0 Å². The molecule has 0 radical (unpaired) electrons. The molecule has 0 aromatic heterocycles. The number of aryl methyl sites for hydroxylation is 1. The Morgan fingerprint density at radius 2 is 1.67 bits per heavy atom. The molecular weight excluding hydrogens is 296 g/mol. The van der Waals surface area contributed by atoms with Crippen LogP contribution in [0.2, 0.25) is 5.02 Å². The molecule has 2 aromatic carbocycles. The van der Waals surface area contributed by atoms with Crippen LogP contribution in [0.3, 0.4) is 0 Å². The first-order chi connectivity index (χ1) is 9.97. The summed E-state index contributed by atoms with van der Waals surface area (Å²) in [5.74, 6) is -4.71. The number of amides is 1. The molecule has 2 nitrogen and oxygen atoms in total. The molecule has 0 saturated heterocycles. The molecule has 0 aliphatic carbocycles. The fourth-order valence-corrected chi connectivity index (χ4v) is 1.94. The average Bonchev–Trinajstić information content (AvgIpc) is 2.48. The Labute approximate surface area is 126 Å². The van der Waals surface area contributed by atoms with Crippen molar-refractivity contribution in [2.24, 2.45) is 0 Å². The summed E-state index contributed by atoms with van der Waals surface area (Å²) in [6.07, 6.45) is -0.445. The molecule has 0 aliphatic rings. The minimum Gasteiger partial charge on any atom is -0.321 e. The second-order valence-corrected chi connectivity index (χ2v) is 5.09. The lowest BCUT2D eigenvalue weighted by Crippen LogP contribution is -2.35. The van der Waals surface area contributed by atoms with E-state index in [0.717, 1.165) is 0 Å². The quantitative estimate of drug-likeness (QED) is 0.862. The van der Waals surface area contributed by atoms with Gasteiger partial charge in [0.15, 0.2) is 0 Å². The van der Waals surface area contributed by atoms with E-state index in [4.69, 9.17) is 11.6 Å². The molecule has 110 valence electrons. The third-order valence-electron chi connectivity index (χ3n) is 3.00. The molecule has 21 heavy (non-hydrogen) atoms. The van der Waals surface area contributed by atoms with Gasteiger partial charge in [-0.25, -0.2) is 0 Å². The van der Waals surface area contributed by atoms with E-state index in [1.165, 1.54) is 0 Å². The first kappa shape index (κ1) is 15.4. The number of hydrogen-bond acceptors (Lipinski definition) is 1. The van der Waals surface area contributed by atoms with E-state index in [2.05, 4.69) is 5.32 Å². The van der Waals surface area contributed by atoms with Gasteiger partial charge in [0.2, 0.25) is 0 Å². The monoisotopic (exact) mass is 309 g/mol. The van der Waals surface area contributed by atoms with E-state index in [-0.39, 0.29) is 6.42 Å². The van der Waals surface area contributed by atoms with Gasteiger partial charge in [-0.2, -0.15) is 8.78 Å². The number of carbonyl (C=O) groups excluding carboxylic acids is 1. The molecule has 0 atom stereocenters. The molecule has 0 spiro atoms. The van der Waals surface area contributed by atoms with Gasteiger partial charge in [0.25, 0.3) is 5.91 Å². The van der Waals surface area contributed by atoms with Crippen molar-refractivity contribution in [3.8, 4) is 0 Å². The third kappa shape index (κ3) is 4.53. The van der Waals surface area contributed by atoms with Gasteiger partial charge >= 0.3 is 5.92 Å². The second kappa shape index (κ2) is 6.68. The van der Waals surface area contributed by atoms with Crippen LogP contribution in [0.4, 0.5) is 14.5 Å². The molecule has 2 rings (SSSR count). The highest BCUT2D eigenvalue weighted by atomic mass is 35.5. The molecule has 0 fully saturated rings. The molecule has 0 unspecified atom stereocenters. The van der Waals surface area contributed by atoms with Gasteiger partial charge in [0.05, 0.1) is 0 Å². The SMILES string of the molecule is O=C(Nc1ccccc1)C(F)(F)CCc1ccc(Cl)cc1. The highest BCUT2D eigenvalue weighted by molar-refractivity contribution is 6.30. The van der Waals surface area contributed by atoms with E-state index in [9.17, 15) is 13.6 Å². The largest absolute Gasteiger partial charge is 0.325 e. The lowest BCUT2D eigenvalue weighted by Gasteiger charge is -2.16. The number of carbonyl (C=O) groups is 1. The summed E-state index contributed by atoms with van der Waals surface area (Å²) < 4.78 is 27.7. The molecule has 1 N–H and O–H groups in total. The van der Waals surface area contributed by atoms with Crippen LogP contribution >= 0.6 is 11.6 Å². The molecule has 0 bridgehead atoms. The molecule has 0 heterocycles. The Hall–Kier alpha value is -1.94. The van der Waals surface area contributed by atoms with Crippen molar-refractivity contribution in [2.75, 3.05) is 5.32 Å². The molecule has 5 heteroatoms. The van der Waals surface area contributed by atoms with Crippen molar-refractivity contribution in [1.82, 2.24) is 0 Å². The van der Waals surface area contributed by atoms with E-state index >= 15 is 0 Å². The Balaban J connectivity index is 1.94. The van der Waals surface area contributed by atoms with Crippen molar-refractivity contribution in [1.29, 1.82) is 0 Å². The van der Waals surface area contributed by atoms with E-state index in [0.29, 0.717) is 16.3 Å². The van der Waals surface area contributed by atoms with Gasteiger partial charge < -0.3 is 5.32 Å². The first-order valence-corrected chi connectivity index (χ1v) is 6.84. The van der Waals surface area contributed by atoms with Crippen molar-refractivity contribution in [2.45, 2.75) is 18.8 Å². The molecule has 1 amide bonds. The van der Waals surface area contributed by atoms with Crippen molar-refractivity contribution in [3.05, 3.63) is 65.2 Å². The number of hydrogen-bond donors (Lipinski definition) is 1. The zero-order valence-corrected chi connectivity index (χ0v) is 11.9. The lowest BCUT2D eigenvalue weighted by atomic mass is 10.1. The number of para-hydroxylation sites is 1. The van der Waals surface area contributed by atoms with Gasteiger partial charge in [0.1, 0.15) is 0 Å². The molecule has 0 saturated carbocycles. The molecular formula is C16H14ClF2NO. The Morgan fingerprint density at radius 3 is 2.29 bits per heavy atom. The van der Waals surface area contributed by atoms with Gasteiger partial charge in [-0.05, 0) is 36.2 Å². The van der Waals surface area contributed by atoms with Gasteiger partial charge in [-0.1, -0.05) is 41.9 Å². The average molecular weight is 310 g/mol. The van der Waals surface area contributed by atoms with Gasteiger partial charge in [-0.15, -0.1) is 0 Å². The Kier molecular flexibility index (Phi) is 4.91. The maximum Gasteiger partial charge on any atom is 0.325 e. The summed E-state index contributed by atoms with van der Waals surface area (Å²) in [4.78, 5) is 11.6. The fourth-order valence-electron chi connectivity index (χ4n) is 1.81. The minimum absolute atomic E-state index is 0.104. The first-order valence-electron chi connectivity index (χ1n) is 6.46. The number of alkyl halides is 2. The standard InChI is InChI=1S/C16H14ClF2NO/c17-13-8-6-12(7-9-13)10-11-16(18,19)15(21)20-14-4-2-1-3-5-14/h1-9H,10-11H2,(H,20,21). The van der Waals surface area contributed by atoms with Crippen molar-refractivity contribution in [3.63, 3.8) is 0 Å². The van der Waals surface area contributed by atoms with Crippen LogP contribution in [-0.2, 0) is 11.2 Å². The van der Waals surface area contributed by atoms with E-state index in [1.54, 1.807) is 54.6 Å². The number of nitrogens with one attached hydrogen (secondary N) is 1. The van der Waals surface area contributed by atoms with Crippen molar-refractivity contribution >= 4 is 23.2 Å².